The molecule has 7 heteroatoms. The number of hydrogen-bond acceptors (Lipinski definition) is 5. The van der Waals surface area contributed by atoms with Crippen LogP contribution in [-0.2, 0) is 11.2 Å². The Morgan fingerprint density at radius 3 is 2.39 bits per heavy atom. The third-order valence-electron chi connectivity index (χ3n) is 6.63. The SMILES string of the molecule is CNC(=O)c1ccc2c(c1)CCO[C@H]2CCN1CCN(c2ccc(C(=O)N(C)C)cc2)CC1. The van der Waals surface area contributed by atoms with Crippen LogP contribution in [0, 0.1) is 0 Å². The Labute approximate surface area is 196 Å². The zero-order valence-electron chi connectivity index (χ0n) is 19.8. The number of carbonyl (C=O) groups excluding carboxylic acids is 2. The predicted molar refractivity (Wildman–Crippen MR) is 130 cm³/mol. The van der Waals surface area contributed by atoms with Crippen molar-refractivity contribution in [2.24, 2.45) is 0 Å². The first kappa shape index (κ1) is 23.3. The number of fused-ring (bicyclic) bond motifs is 1. The molecule has 176 valence electrons. The molecule has 0 aromatic heterocycles. The van der Waals surface area contributed by atoms with Crippen LogP contribution >= 0.6 is 0 Å². The van der Waals surface area contributed by atoms with Crippen LogP contribution in [0.1, 0.15) is 44.4 Å². The van der Waals surface area contributed by atoms with Gasteiger partial charge in [0.05, 0.1) is 12.7 Å². The second-order valence-corrected chi connectivity index (χ2v) is 8.97. The summed E-state index contributed by atoms with van der Waals surface area (Å²) in [5, 5.41) is 2.70. The van der Waals surface area contributed by atoms with Gasteiger partial charge in [-0.15, -0.1) is 0 Å². The van der Waals surface area contributed by atoms with E-state index >= 15 is 0 Å². The normalized spacial score (nSPS) is 18.5. The highest BCUT2D eigenvalue weighted by Crippen LogP contribution is 2.31. The fourth-order valence-corrected chi connectivity index (χ4v) is 4.66. The van der Waals surface area contributed by atoms with Gasteiger partial charge in [0.15, 0.2) is 0 Å². The van der Waals surface area contributed by atoms with Crippen LogP contribution < -0.4 is 10.2 Å². The molecular weight excluding hydrogens is 416 g/mol. The number of rotatable bonds is 6. The van der Waals surface area contributed by atoms with Crippen molar-refractivity contribution in [1.82, 2.24) is 15.1 Å². The van der Waals surface area contributed by atoms with Crippen LogP contribution in [0.5, 0.6) is 0 Å². The number of nitrogens with one attached hydrogen (secondary N) is 1. The quantitative estimate of drug-likeness (QED) is 0.733. The van der Waals surface area contributed by atoms with Gasteiger partial charge in [-0.2, -0.15) is 0 Å². The summed E-state index contributed by atoms with van der Waals surface area (Å²) < 4.78 is 6.09. The first-order chi connectivity index (χ1) is 16.0. The van der Waals surface area contributed by atoms with Crippen molar-refractivity contribution in [3.8, 4) is 0 Å². The lowest BCUT2D eigenvalue weighted by atomic mass is 9.93. The average molecular weight is 451 g/mol. The first-order valence-corrected chi connectivity index (χ1v) is 11.7. The number of amides is 2. The second kappa shape index (κ2) is 10.4. The van der Waals surface area contributed by atoms with Crippen LogP contribution in [0.4, 0.5) is 5.69 Å². The molecule has 2 aliphatic heterocycles. The zero-order chi connectivity index (χ0) is 23.4. The minimum Gasteiger partial charge on any atom is -0.373 e. The van der Waals surface area contributed by atoms with Crippen LogP contribution in [0.2, 0.25) is 0 Å². The van der Waals surface area contributed by atoms with Crippen LogP contribution in [-0.4, -0.2) is 82.1 Å². The maximum atomic E-state index is 12.1. The number of ether oxygens (including phenoxy) is 1. The van der Waals surface area contributed by atoms with Gasteiger partial charge in [0.2, 0.25) is 0 Å². The molecule has 0 radical (unpaired) electrons. The predicted octanol–water partition coefficient (Wildman–Crippen LogP) is 2.57. The van der Waals surface area contributed by atoms with E-state index in [1.54, 1.807) is 26.0 Å². The molecule has 2 heterocycles. The lowest BCUT2D eigenvalue weighted by molar-refractivity contribution is 0.0288. The van der Waals surface area contributed by atoms with Crippen LogP contribution in [0.15, 0.2) is 42.5 Å². The standard InChI is InChI=1S/C26H34N4O3/c1-27-25(31)21-6-9-23-20(18-21)11-17-33-24(23)10-12-29-13-15-30(16-14-29)22-7-4-19(5-8-22)26(32)28(2)3/h4-9,18,24H,10-17H2,1-3H3,(H,27,31)/t24-/m0/s1. The van der Waals surface area contributed by atoms with E-state index in [0.717, 1.165) is 51.1 Å². The van der Waals surface area contributed by atoms with E-state index in [-0.39, 0.29) is 17.9 Å². The number of carbonyl (C=O) groups is 2. The Kier molecular flexibility index (Phi) is 7.30. The summed E-state index contributed by atoms with van der Waals surface area (Å²) in [6, 6.07) is 13.9. The number of nitrogens with zero attached hydrogens (tertiary/aromatic N) is 3. The monoisotopic (exact) mass is 450 g/mol. The van der Waals surface area contributed by atoms with Crippen LogP contribution in [0.3, 0.4) is 0 Å². The van der Waals surface area contributed by atoms with Gasteiger partial charge >= 0.3 is 0 Å². The summed E-state index contributed by atoms with van der Waals surface area (Å²) in [6.45, 7) is 5.65. The van der Waals surface area contributed by atoms with Crippen molar-refractivity contribution in [3.63, 3.8) is 0 Å². The zero-order valence-corrected chi connectivity index (χ0v) is 19.8. The highest BCUT2D eigenvalue weighted by Gasteiger charge is 2.24. The van der Waals surface area contributed by atoms with E-state index in [2.05, 4.69) is 21.2 Å². The first-order valence-electron chi connectivity index (χ1n) is 11.7. The van der Waals surface area contributed by atoms with E-state index in [1.807, 2.05) is 36.4 Å². The number of piperazine rings is 1. The summed E-state index contributed by atoms with van der Waals surface area (Å²) in [5.41, 5.74) is 5.06. The molecule has 2 aromatic rings. The molecular formula is C26H34N4O3. The van der Waals surface area contributed by atoms with E-state index in [0.29, 0.717) is 12.2 Å². The van der Waals surface area contributed by atoms with Gasteiger partial charge in [-0.25, -0.2) is 0 Å². The van der Waals surface area contributed by atoms with E-state index in [4.69, 9.17) is 4.74 Å². The molecule has 0 aliphatic carbocycles. The molecule has 2 amide bonds. The Morgan fingerprint density at radius 1 is 1.03 bits per heavy atom. The molecule has 0 unspecified atom stereocenters. The summed E-state index contributed by atoms with van der Waals surface area (Å²) in [6.07, 6.45) is 1.90. The maximum absolute atomic E-state index is 12.1. The Bertz CT molecular complexity index is 982. The van der Waals surface area contributed by atoms with Crippen molar-refractivity contribution < 1.29 is 14.3 Å². The third kappa shape index (κ3) is 5.37. The van der Waals surface area contributed by atoms with Gasteiger partial charge < -0.3 is 19.9 Å². The fraction of sp³-hybridized carbons (Fsp3) is 0.462. The van der Waals surface area contributed by atoms with Crippen molar-refractivity contribution >= 4 is 17.5 Å². The Hall–Kier alpha value is -2.90. The average Bonchev–Trinajstić information content (AvgIpc) is 2.86. The summed E-state index contributed by atoms with van der Waals surface area (Å²) in [7, 11) is 5.21. The van der Waals surface area contributed by atoms with Gasteiger partial charge in [-0.1, -0.05) is 6.07 Å². The smallest absolute Gasteiger partial charge is 0.253 e. The molecule has 0 bridgehead atoms. The molecule has 7 nitrogen and oxygen atoms in total. The van der Waals surface area contributed by atoms with Crippen molar-refractivity contribution in [2.75, 3.05) is 65.4 Å². The summed E-state index contributed by atoms with van der Waals surface area (Å²) in [4.78, 5) is 30.5. The van der Waals surface area contributed by atoms with Gasteiger partial charge in [0, 0.05) is 70.7 Å². The molecule has 1 atom stereocenters. The minimum absolute atomic E-state index is 0.0303. The van der Waals surface area contributed by atoms with Gasteiger partial charge in [0.25, 0.3) is 11.8 Å². The highest BCUT2D eigenvalue weighted by molar-refractivity contribution is 5.94. The van der Waals surface area contributed by atoms with Gasteiger partial charge in [0.1, 0.15) is 0 Å². The number of anilines is 1. The number of hydrogen-bond donors (Lipinski definition) is 1. The molecule has 2 aliphatic rings. The second-order valence-electron chi connectivity index (χ2n) is 8.97. The van der Waals surface area contributed by atoms with Crippen LogP contribution in [0.25, 0.3) is 0 Å². The topological polar surface area (TPSA) is 65.1 Å². The molecule has 0 saturated carbocycles. The lowest BCUT2D eigenvalue weighted by Crippen LogP contribution is -2.47. The molecule has 1 fully saturated rings. The summed E-state index contributed by atoms with van der Waals surface area (Å²) in [5.74, 6) is -0.0135. The molecule has 33 heavy (non-hydrogen) atoms. The van der Waals surface area contributed by atoms with Gasteiger partial charge in [-0.3, -0.25) is 14.5 Å². The molecule has 1 saturated heterocycles. The van der Waals surface area contributed by atoms with E-state index < -0.39 is 0 Å². The van der Waals surface area contributed by atoms with E-state index in [1.165, 1.54) is 16.8 Å². The van der Waals surface area contributed by atoms with Crippen molar-refractivity contribution in [3.05, 3.63) is 64.7 Å². The Morgan fingerprint density at radius 2 is 1.73 bits per heavy atom. The lowest BCUT2D eigenvalue weighted by Gasteiger charge is -2.37. The molecule has 4 rings (SSSR count). The minimum atomic E-state index is -0.0438. The van der Waals surface area contributed by atoms with Crippen molar-refractivity contribution in [2.45, 2.75) is 18.9 Å². The van der Waals surface area contributed by atoms with E-state index in [9.17, 15) is 9.59 Å². The molecule has 1 N–H and O–H groups in total. The summed E-state index contributed by atoms with van der Waals surface area (Å²) >= 11 is 0. The highest BCUT2D eigenvalue weighted by atomic mass is 16.5. The maximum Gasteiger partial charge on any atom is 0.253 e. The molecule has 0 spiro atoms. The van der Waals surface area contributed by atoms with Crippen molar-refractivity contribution in [1.29, 1.82) is 0 Å². The molecule has 2 aromatic carbocycles. The Balaban J connectivity index is 1.29. The fourth-order valence-electron chi connectivity index (χ4n) is 4.66. The third-order valence-corrected chi connectivity index (χ3v) is 6.63. The van der Waals surface area contributed by atoms with Gasteiger partial charge in [-0.05, 0) is 60.4 Å². The largest absolute Gasteiger partial charge is 0.373 e. The number of benzene rings is 2.